The molecule has 0 saturated carbocycles. The van der Waals surface area contributed by atoms with E-state index in [1.807, 2.05) is 6.92 Å². The van der Waals surface area contributed by atoms with Crippen molar-refractivity contribution in [2.24, 2.45) is 0 Å². The summed E-state index contributed by atoms with van der Waals surface area (Å²) < 4.78 is 0. The molecule has 1 aliphatic rings. The zero-order chi connectivity index (χ0) is 13.9. The van der Waals surface area contributed by atoms with Crippen LogP contribution in [0.4, 0.5) is 5.69 Å². The van der Waals surface area contributed by atoms with Gasteiger partial charge in [0.2, 0.25) is 0 Å². The van der Waals surface area contributed by atoms with Crippen LogP contribution in [0.2, 0.25) is 0 Å². The summed E-state index contributed by atoms with van der Waals surface area (Å²) in [7, 11) is 0. The molecule has 0 aliphatic carbocycles. The number of fused-ring (bicyclic) bond motifs is 1. The van der Waals surface area contributed by atoms with Crippen LogP contribution < -0.4 is 5.32 Å². The van der Waals surface area contributed by atoms with Crippen LogP contribution in [-0.4, -0.2) is 6.54 Å². The maximum atomic E-state index is 3.99. The van der Waals surface area contributed by atoms with Gasteiger partial charge in [-0.3, -0.25) is 0 Å². The molecular formula is C19H19N. The number of benzene rings is 2. The minimum Gasteiger partial charge on any atom is -0.384 e. The molecule has 0 unspecified atom stereocenters. The Morgan fingerprint density at radius 2 is 1.80 bits per heavy atom. The van der Waals surface area contributed by atoms with Crippen LogP contribution in [0, 0.1) is 0 Å². The first-order valence-corrected chi connectivity index (χ1v) is 7.04. The van der Waals surface area contributed by atoms with E-state index in [2.05, 4.69) is 66.5 Å². The van der Waals surface area contributed by atoms with Crippen LogP contribution in [0.1, 0.15) is 30.0 Å². The summed E-state index contributed by atoms with van der Waals surface area (Å²) in [5.41, 5.74) is 7.49. The third kappa shape index (κ3) is 2.53. The zero-order valence-corrected chi connectivity index (χ0v) is 11.8. The van der Waals surface area contributed by atoms with Gasteiger partial charge in [-0.25, -0.2) is 0 Å². The summed E-state index contributed by atoms with van der Waals surface area (Å²) in [5.74, 6) is 0. The minimum absolute atomic E-state index is 0.977. The maximum absolute atomic E-state index is 3.99. The second kappa shape index (κ2) is 5.38. The number of hydrogen-bond acceptors (Lipinski definition) is 1. The second-order valence-corrected chi connectivity index (χ2v) is 5.29. The molecular weight excluding hydrogens is 242 g/mol. The summed E-state index contributed by atoms with van der Waals surface area (Å²) in [5, 5.41) is 3.49. The molecule has 1 nitrogen and oxygen atoms in total. The fraction of sp³-hybridized carbons (Fsp3) is 0.158. The molecule has 1 aliphatic heterocycles. The van der Waals surface area contributed by atoms with E-state index >= 15 is 0 Å². The van der Waals surface area contributed by atoms with Crippen molar-refractivity contribution in [3.05, 3.63) is 71.8 Å². The summed E-state index contributed by atoms with van der Waals surface area (Å²) in [6, 6.07) is 17.2. The van der Waals surface area contributed by atoms with E-state index in [9.17, 15) is 0 Å². The van der Waals surface area contributed by atoms with E-state index in [1.165, 1.54) is 28.0 Å². The van der Waals surface area contributed by atoms with Crippen molar-refractivity contribution in [3.8, 4) is 0 Å². The van der Waals surface area contributed by atoms with Crippen molar-refractivity contribution in [2.45, 2.75) is 13.3 Å². The first kappa shape index (κ1) is 12.7. The van der Waals surface area contributed by atoms with Crippen LogP contribution in [-0.2, 0) is 0 Å². The number of rotatable bonds is 2. The van der Waals surface area contributed by atoms with Gasteiger partial charge in [-0.1, -0.05) is 54.6 Å². The van der Waals surface area contributed by atoms with Crippen LogP contribution in [0.15, 0.2) is 55.1 Å². The Bertz CT molecular complexity index is 662. The minimum atomic E-state index is 0.977. The standard InChI is InChI=1S/C19H19N/c1-14(2)15-7-9-16(10-8-15)17-11-12-20-19-6-4-3-5-18(19)13-17/h3-10,13,20H,1,11-12H2,2H3. The molecule has 2 aromatic rings. The van der Waals surface area contributed by atoms with Gasteiger partial charge in [-0.15, -0.1) is 0 Å². The molecule has 0 spiro atoms. The summed E-state index contributed by atoms with van der Waals surface area (Å²) in [6.45, 7) is 7.01. The highest BCUT2D eigenvalue weighted by molar-refractivity contribution is 5.87. The molecule has 2 aromatic carbocycles. The molecule has 20 heavy (non-hydrogen) atoms. The third-order valence-electron chi connectivity index (χ3n) is 3.75. The molecule has 0 atom stereocenters. The van der Waals surface area contributed by atoms with Gasteiger partial charge in [0.05, 0.1) is 0 Å². The predicted octanol–water partition coefficient (Wildman–Crippen LogP) is 5.08. The predicted molar refractivity (Wildman–Crippen MR) is 88.6 cm³/mol. The van der Waals surface area contributed by atoms with Crippen molar-refractivity contribution in [3.63, 3.8) is 0 Å². The SMILES string of the molecule is C=C(C)c1ccc(C2=Cc3ccccc3NCC2)cc1. The highest BCUT2D eigenvalue weighted by atomic mass is 14.9. The lowest BCUT2D eigenvalue weighted by molar-refractivity contribution is 1.09. The zero-order valence-electron chi connectivity index (χ0n) is 11.8. The molecule has 3 rings (SSSR count). The largest absolute Gasteiger partial charge is 0.384 e. The molecule has 1 heterocycles. The summed E-state index contributed by atoms with van der Waals surface area (Å²) in [6.07, 6.45) is 3.34. The van der Waals surface area contributed by atoms with E-state index in [0.717, 1.165) is 18.5 Å². The van der Waals surface area contributed by atoms with Gasteiger partial charge in [0.1, 0.15) is 0 Å². The lowest BCUT2D eigenvalue weighted by Gasteiger charge is -2.07. The number of hydrogen-bond donors (Lipinski definition) is 1. The lowest BCUT2D eigenvalue weighted by atomic mass is 9.98. The summed E-state index contributed by atoms with van der Waals surface area (Å²) >= 11 is 0. The number of anilines is 1. The van der Waals surface area contributed by atoms with Gasteiger partial charge in [0.15, 0.2) is 0 Å². The molecule has 0 aromatic heterocycles. The fourth-order valence-corrected chi connectivity index (χ4v) is 2.57. The quantitative estimate of drug-likeness (QED) is 0.795. The monoisotopic (exact) mass is 261 g/mol. The topological polar surface area (TPSA) is 12.0 Å². The molecule has 0 bridgehead atoms. The van der Waals surface area contributed by atoms with Crippen molar-refractivity contribution < 1.29 is 0 Å². The third-order valence-corrected chi connectivity index (χ3v) is 3.75. The van der Waals surface area contributed by atoms with Gasteiger partial charge in [-0.05, 0) is 47.8 Å². The Labute approximate surface area is 120 Å². The molecule has 1 heteroatoms. The number of allylic oxidation sites excluding steroid dienone is 1. The normalized spacial score (nSPS) is 13.8. The van der Waals surface area contributed by atoms with Gasteiger partial charge in [0.25, 0.3) is 0 Å². The van der Waals surface area contributed by atoms with Crippen LogP contribution >= 0.6 is 0 Å². The Balaban J connectivity index is 1.97. The van der Waals surface area contributed by atoms with Crippen molar-refractivity contribution in [2.75, 3.05) is 11.9 Å². The van der Waals surface area contributed by atoms with Crippen LogP contribution in [0.25, 0.3) is 17.2 Å². The molecule has 0 amide bonds. The average Bonchev–Trinajstić information content (AvgIpc) is 2.69. The van der Waals surface area contributed by atoms with Crippen LogP contribution in [0.3, 0.4) is 0 Å². The molecule has 0 saturated heterocycles. The van der Waals surface area contributed by atoms with Crippen LogP contribution in [0.5, 0.6) is 0 Å². The van der Waals surface area contributed by atoms with E-state index in [-0.39, 0.29) is 0 Å². The number of para-hydroxylation sites is 1. The molecule has 0 radical (unpaired) electrons. The van der Waals surface area contributed by atoms with E-state index < -0.39 is 0 Å². The Kier molecular flexibility index (Phi) is 3.42. The summed E-state index contributed by atoms with van der Waals surface area (Å²) in [4.78, 5) is 0. The van der Waals surface area contributed by atoms with Crippen molar-refractivity contribution >= 4 is 22.9 Å². The number of nitrogens with one attached hydrogen (secondary N) is 1. The molecule has 100 valence electrons. The van der Waals surface area contributed by atoms with Gasteiger partial charge in [0, 0.05) is 12.2 Å². The average molecular weight is 261 g/mol. The van der Waals surface area contributed by atoms with Gasteiger partial charge >= 0.3 is 0 Å². The fourth-order valence-electron chi connectivity index (χ4n) is 2.57. The van der Waals surface area contributed by atoms with E-state index in [1.54, 1.807) is 0 Å². The first-order valence-electron chi connectivity index (χ1n) is 7.04. The van der Waals surface area contributed by atoms with Crippen molar-refractivity contribution in [1.29, 1.82) is 0 Å². The highest BCUT2D eigenvalue weighted by Crippen LogP contribution is 2.29. The molecule has 1 N–H and O–H groups in total. The Morgan fingerprint density at radius 3 is 2.55 bits per heavy atom. The van der Waals surface area contributed by atoms with Gasteiger partial charge < -0.3 is 5.32 Å². The molecule has 0 fully saturated rings. The maximum Gasteiger partial charge on any atom is 0.0413 e. The highest BCUT2D eigenvalue weighted by Gasteiger charge is 2.09. The first-order chi connectivity index (χ1) is 9.74. The van der Waals surface area contributed by atoms with Gasteiger partial charge in [-0.2, -0.15) is 0 Å². The Hall–Kier alpha value is -2.28. The van der Waals surface area contributed by atoms with Crippen molar-refractivity contribution in [1.82, 2.24) is 0 Å². The lowest BCUT2D eigenvalue weighted by Crippen LogP contribution is -2.00. The van der Waals surface area contributed by atoms with E-state index in [0.29, 0.717) is 0 Å². The smallest absolute Gasteiger partial charge is 0.0413 e. The second-order valence-electron chi connectivity index (χ2n) is 5.29. The Morgan fingerprint density at radius 1 is 1.05 bits per heavy atom. The van der Waals surface area contributed by atoms with E-state index in [4.69, 9.17) is 0 Å².